The monoisotopic (exact) mass is 245 g/mol. The highest BCUT2D eigenvalue weighted by atomic mass is 32.1. The number of anilines is 2. The van der Waals surface area contributed by atoms with Crippen molar-refractivity contribution in [3.63, 3.8) is 0 Å². The standard InChI is InChI=1S/C10H7N5OS/c11-4-6-1-2-8(7(12)3-6)13-10(16)9-5-17-15-14-9/h1-3,5H,12H2,(H,13,16). The number of nitriles is 1. The molecule has 1 heterocycles. The molecule has 0 bridgehead atoms. The quantitative estimate of drug-likeness (QED) is 0.774. The molecule has 0 fully saturated rings. The van der Waals surface area contributed by atoms with Gasteiger partial charge in [-0.3, -0.25) is 4.79 Å². The fourth-order valence-corrected chi connectivity index (χ4v) is 1.63. The highest BCUT2D eigenvalue weighted by molar-refractivity contribution is 7.03. The molecule has 2 aromatic rings. The summed E-state index contributed by atoms with van der Waals surface area (Å²) in [6.07, 6.45) is 0. The van der Waals surface area contributed by atoms with E-state index in [0.29, 0.717) is 16.9 Å². The fourth-order valence-electron chi connectivity index (χ4n) is 1.20. The van der Waals surface area contributed by atoms with Crippen molar-refractivity contribution in [3.8, 4) is 6.07 Å². The van der Waals surface area contributed by atoms with Crippen LogP contribution in [0.4, 0.5) is 11.4 Å². The minimum Gasteiger partial charge on any atom is -0.397 e. The largest absolute Gasteiger partial charge is 0.397 e. The number of nitrogens with zero attached hydrogens (tertiary/aromatic N) is 3. The van der Waals surface area contributed by atoms with Crippen molar-refractivity contribution in [2.45, 2.75) is 0 Å². The van der Waals surface area contributed by atoms with Crippen LogP contribution in [0.3, 0.4) is 0 Å². The molecule has 0 unspecified atom stereocenters. The van der Waals surface area contributed by atoms with E-state index in [4.69, 9.17) is 11.0 Å². The summed E-state index contributed by atoms with van der Waals surface area (Å²) in [5, 5.41) is 16.4. The highest BCUT2D eigenvalue weighted by Crippen LogP contribution is 2.20. The molecule has 7 heteroatoms. The third-order valence-electron chi connectivity index (χ3n) is 2.02. The lowest BCUT2D eigenvalue weighted by Gasteiger charge is -2.06. The van der Waals surface area contributed by atoms with Crippen LogP contribution in [-0.2, 0) is 0 Å². The van der Waals surface area contributed by atoms with Crippen LogP contribution in [-0.4, -0.2) is 15.5 Å². The number of benzene rings is 1. The topological polar surface area (TPSA) is 105 Å². The first-order valence-corrected chi connectivity index (χ1v) is 5.42. The van der Waals surface area contributed by atoms with Crippen molar-refractivity contribution >= 4 is 28.8 Å². The summed E-state index contributed by atoms with van der Waals surface area (Å²) < 4.78 is 3.59. The Hall–Kier alpha value is -2.46. The maximum absolute atomic E-state index is 11.7. The molecule has 0 aliphatic rings. The molecule has 1 amide bonds. The number of carbonyl (C=O) groups excluding carboxylic acids is 1. The molecule has 84 valence electrons. The summed E-state index contributed by atoms with van der Waals surface area (Å²) in [6, 6.07) is 6.61. The van der Waals surface area contributed by atoms with Crippen molar-refractivity contribution in [2.75, 3.05) is 11.1 Å². The molecule has 0 saturated carbocycles. The Balaban J connectivity index is 2.20. The highest BCUT2D eigenvalue weighted by Gasteiger charge is 2.10. The molecule has 6 nitrogen and oxygen atoms in total. The first-order valence-electron chi connectivity index (χ1n) is 4.58. The van der Waals surface area contributed by atoms with Gasteiger partial charge in [0, 0.05) is 5.38 Å². The lowest BCUT2D eigenvalue weighted by molar-refractivity contribution is 0.102. The summed E-state index contributed by atoms with van der Waals surface area (Å²) in [5.41, 5.74) is 7.16. The zero-order valence-electron chi connectivity index (χ0n) is 8.54. The lowest BCUT2D eigenvalue weighted by Crippen LogP contribution is -2.13. The van der Waals surface area contributed by atoms with E-state index in [1.54, 1.807) is 12.1 Å². The first-order chi connectivity index (χ1) is 8.20. The molecule has 0 saturated heterocycles. The molecule has 0 aliphatic heterocycles. The SMILES string of the molecule is N#Cc1ccc(NC(=O)c2csnn2)c(N)c1. The van der Waals surface area contributed by atoms with Gasteiger partial charge in [-0.2, -0.15) is 5.26 Å². The van der Waals surface area contributed by atoms with Crippen LogP contribution < -0.4 is 11.1 Å². The van der Waals surface area contributed by atoms with E-state index < -0.39 is 0 Å². The number of carbonyl (C=O) groups is 1. The number of hydrogen-bond donors (Lipinski definition) is 2. The predicted octanol–water partition coefficient (Wildman–Crippen LogP) is 1.24. The molecule has 3 N–H and O–H groups in total. The third kappa shape index (κ3) is 2.38. The second kappa shape index (κ2) is 4.59. The molecule has 0 atom stereocenters. The van der Waals surface area contributed by atoms with E-state index in [0.717, 1.165) is 11.5 Å². The van der Waals surface area contributed by atoms with Crippen molar-refractivity contribution in [2.24, 2.45) is 0 Å². The van der Waals surface area contributed by atoms with Crippen molar-refractivity contribution in [1.29, 1.82) is 5.26 Å². The number of nitrogen functional groups attached to an aromatic ring is 1. The minimum atomic E-state index is -0.379. The van der Waals surface area contributed by atoms with E-state index >= 15 is 0 Å². The smallest absolute Gasteiger partial charge is 0.277 e. The van der Waals surface area contributed by atoms with E-state index in [1.807, 2.05) is 6.07 Å². The third-order valence-corrected chi connectivity index (χ3v) is 2.53. The number of amides is 1. The second-order valence-corrected chi connectivity index (χ2v) is 3.77. The van der Waals surface area contributed by atoms with Crippen LogP contribution in [0.25, 0.3) is 0 Å². The van der Waals surface area contributed by atoms with Crippen molar-refractivity contribution < 1.29 is 4.79 Å². The first kappa shape index (κ1) is 11.0. The Morgan fingerprint density at radius 3 is 2.94 bits per heavy atom. The predicted molar refractivity (Wildman–Crippen MR) is 63.4 cm³/mol. The van der Waals surface area contributed by atoms with Crippen LogP contribution in [0.5, 0.6) is 0 Å². The molecular formula is C10H7N5OS. The van der Waals surface area contributed by atoms with Gasteiger partial charge in [-0.05, 0) is 29.7 Å². The summed E-state index contributed by atoms with van der Waals surface area (Å²) in [7, 11) is 0. The minimum absolute atomic E-state index is 0.235. The molecule has 1 aromatic heterocycles. The Morgan fingerprint density at radius 2 is 2.35 bits per heavy atom. The van der Waals surface area contributed by atoms with Gasteiger partial charge < -0.3 is 11.1 Å². The van der Waals surface area contributed by atoms with Crippen LogP contribution in [0, 0.1) is 11.3 Å². The maximum atomic E-state index is 11.7. The van der Waals surface area contributed by atoms with Gasteiger partial charge in [0.1, 0.15) is 0 Å². The Morgan fingerprint density at radius 1 is 1.53 bits per heavy atom. The average molecular weight is 245 g/mol. The lowest BCUT2D eigenvalue weighted by atomic mass is 10.2. The van der Waals surface area contributed by atoms with Crippen molar-refractivity contribution in [3.05, 3.63) is 34.8 Å². The number of aromatic nitrogens is 2. The van der Waals surface area contributed by atoms with Crippen LogP contribution in [0.2, 0.25) is 0 Å². The summed E-state index contributed by atoms with van der Waals surface area (Å²) in [6.45, 7) is 0. The summed E-state index contributed by atoms with van der Waals surface area (Å²) in [4.78, 5) is 11.7. The van der Waals surface area contributed by atoms with Gasteiger partial charge in [0.2, 0.25) is 0 Å². The van der Waals surface area contributed by atoms with Crippen molar-refractivity contribution in [1.82, 2.24) is 9.59 Å². The van der Waals surface area contributed by atoms with Gasteiger partial charge in [-0.25, -0.2) is 0 Å². The Labute approximate surface area is 101 Å². The molecule has 0 radical (unpaired) electrons. The normalized spacial score (nSPS) is 9.59. The molecule has 1 aromatic carbocycles. The fraction of sp³-hybridized carbons (Fsp3) is 0. The van der Waals surface area contributed by atoms with Crippen LogP contribution >= 0.6 is 11.5 Å². The van der Waals surface area contributed by atoms with Gasteiger partial charge in [0.05, 0.1) is 23.0 Å². The number of hydrogen-bond acceptors (Lipinski definition) is 6. The molecule has 2 rings (SSSR count). The van der Waals surface area contributed by atoms with E-state index in [1.165, 1.54) is 11.4 Å². The van der Waals surface area contributed by atoms with E-state index in [-0.39, 0.29) is 11.6 Å². The second-order valence-electron chi connectivity index (χ2n) is 3.16. The Bertz CT molecular complexity index is 587. The van der Waals surface area contributed by atoms with Gasteiger partial charge >= 0.3 is 0 Å². The molecule has 17 heavy (non-hydrogen) atoms. The molecular weight excluding hydrogens is 238 g/mol. The maximum Gasteiger partial charge on any atom is 0.277 e. The van der Waals surface area contributed by atoms with E-state index in [2.05, 4.69) is 14.9 Å². The van der Waals surface area contributed by atoms with Gasteiger partial charge in [-0.1, -0.05) is 4.49 Å². The zero-order valence-corrected chi connectivity index (χ0v) is 9.36. The van der Waals surface area contributed by atoms with E-state index in [9.17, 15) is 4.79 Å². The van der Waals surface area contributed by atoms with Gasteiger partial charge in [0.15, 0.2) is 5.69 Å². The number of nitrogens with one attached hydrogen (secondary N) is 1. The Kier molecular flexibility index (Phi) is 2.98. The van der Waals surface area contributed by atoms with Crippen LogP contribution in [0.15, 0.2) is 23.6 Å². The number of rotatable bonds is 2. The zero-order chi connectivity index (χ0) is 12.3. The molecule has 0 spiro atoms. The van der Waals surface area contributed by atoms with Gasteiger partial charge in [-0.15, -0.1) is 5.10 Å². The average Bonchev–Trinajstić information content (AvgIpc) is 2.85. The summed E-state index contributed by atoms with van der Waals surface area (Å²) in [5.74, 6) is -0.379. The summed E-state index contributed by atoms with van der Waals surface area (Å²) >= 11 is 1.09. The van der Waals surface area contributed by atoms with Crippen LogP contribution in [0.1, 0.15) is 16.1 Å². The number of nitrogens with two attached hydrogens (primary N) is 1. The molecule has 0 aliphatic carbocycles. The van der Waals surface area contributed by atoms with Gasteiger partial charge in [0.25, 0.3) is 5.91 Å².